The summed E-state index contributed by atoms with van der Waals surface area (Å²) in [5.74, 6) is 0.848. The number of halogens is 1. The number of ether oxygens (including phenoxy) is 1. The van der Waals surface area contributed by atoms with Gasteiger partial charge in [0, 0.05) is 17.1 Å². The molecule has 0 fully saturated rings. The number of nitrogens with one attached hydrogen (secondary N) is 1. The van der Waals surface area contributed by atoms with Crippen molar-refractivity contribution >= 4 is 11.6 Å². The zero-order valence-corrected chi connectivity index (χ0v) is 9.84. The Labute approximate surface area is 95.9 Å². The molecule has 0 spiro atoms. The Bertz CT molecular complexity index is 338. The van der Waals surface area contributed by atoms with E-state index in [1.165, 1.54) is 0 Å². The van der Waals surface area contributed by atoms with Crippen LogP contribution in [-0.2, 0) is 6.54 Å². The van der Waals surface area contributed by atoms with Crippen LogP contribution in [0.2, 0.25) is 5.02 Å². The fraction of sp³-hybridized carbons (Fsp3) is 0.333. The van der Waals surface area contributed by atoms with Gasteiger partial charge < -0.3 is 10.1 Å². The first kappa shape index (κ1) is 12.1. The van der Waals surface area contributed by atoms with E-state index in [-0.39, 0.29) is 6.10 Å². The number of benzene rings is 1. The SMILES string of the molecule is C=CC(C)Oc1ccc(Cl)cc1CNC. The molecule has 82 valence electrons. The van der Waals surface area contributed by atoms with E-state index in [1.807, 2.05) is 32.2 Å². The molecule has 1 rings (SSSR count). The third-order valence-electron chi connectivity index (χ3n) is 2.03. The van der Waals surface area contributed by atoms with Crippen molar-refractivity contribution in [2.75, 3.05) is 7.05 Å². The van der Waals surface area contributed by atoms with Crippen LogP contribution in [0.5, 0.6) is 5.75 Å². The van der Waals surface area contributed by atoms with E-state index < -0.39 is 0 Å². The van der Waals surface area contributed by atoms with Gasteiger partial charge in [0.15, 0.2) is 0 Å². The van der Waals surface area contributed by atoms with Crippen LogP contribution in [0.25, 0.3) is 0 Å². The van der Waals surface area contributed by atoms with Gasteiger partial charge in [-0.05, 0) is 32.2 Å². The lowest BCUT2D eigenvalue weighted by atomic mass is 10.2. The molecule has 0 amide bonds. The third-order valence-corrected chi connectivity index (χ3v) is 2.27. The lowest BCUT2D eigenvalue weighted by molar-refractivity contribution is 0.267. The Morgan fingerprint density at radius 1 is 1.60 bits per heavy atom. The van der Waals surface area contributed by atoms with Crippen molar-refractivity contribution < 1.29 is 4.74 Å². The van der Waals surface area contributed by atoms with E-state index in [4.69, 9.17) is 16.3 Å². The van der Waals surface area contributed by atoms with Gasteiger partial charge in [0.2, 0.25) is 0 Å². The predicted molar refractivity (Wildman–Crippen MR) is 64.5 cm³/mol. The van der Waals surface area contributed by atoms with Crippen molar-refractivity contribution in [3.8, 4) is 5.75 Å². The second kappa shape index (κ2) is 5.79. The van der Waals surface area contributed by atoms with Crippen LogP contribution in [-0.4, -0.2) is 13.2 Å². The summed E-state index contributed by atoms with van der Waals surface area (Å²) >= 11 is 5.92. The quantitative estimate of drug-likeness (QED) is 0.778. The van der Waals surface area contributed by atoms with E-state index in [1.54, 1.807) is 6.08 Å². The van der Waals surface area contributed by atoms with Gasteiger partial charge in [-0.25, -0.2) is 0 Å². The summed E-state index contributed by atoms with van der Waals surface area (Å²) in [5.41, 5.74) is 1.05. The van der Waals surface area contributed by atoms with Crippen molar-refractivity contribution in [3.05, 3.63) is 41.4 Å². The van der Waals surface area contributed by atoms with Gasteiger partial charge >= 0.3 is 0 Å². The summed E-state index contributed by atoms with van der Waals surface area (Å²) < 4.78 is 5.69. The first-order valence-corrected chi connectivity index (χ1v) is 5.27. The normalized spacial score (nSPS) is 12.2. The van der Waals surface area contributed by atoms with E-state index >= 15 is 0 Å². The van der Waals surface area contributed by atoms with Crippen molar-refractivity contribution in [1.29, 1.82) is 0 Å². The number of hydrogen-bond acceptors (Lipinski definition) is 2. The molecule has 0 heterocycles. The van der Waals surface area contributed by atoms with Crippen molar-refractivity contribution in [2.24, 2.45) is 0 Å². The average molecular weight is 226 g/mol. The summed E-state index contributed by atoms with van der Waals surface area (Å²) in [6.45, 7) is 6.37. The predicted octanol–water partition coefficient (Wildman–Crippen LogP) is 3.01. The molecule has 0 saturated carbocycles. The van der Waals surface area contributed by atoms with Gasteiger partial charge in [-0.1, -0.05) is 24.3 Å². The van der Waals surface area contributed by atoms with Crippen LogP contribution in [0.3, 0.4) is 0 Å². The van der Waals surface area contributed by atoms with Gasteiger partial charge in [0.25, 0.3) is 0 Å². The first-order valence-electron chi connectivity index (χ1n) is 4.89. The molecule has 0 bridgehead atoms. The fourth-order valence-electron chi connectivity index (χ4n) is 1.24. The second-order valence-corrected chi connectivity index (χ2v) is 3.78. The van der Waals surface area contributed by atoms with Crippen molar-refractivity contribution in [2.45, 2.75) is 19.6 Å². The summed E-state index contributed by atoms with van der Waals surface area (Å²) in [7, 11) is 1.89. The van der Waals surface area contributed by atoms with Crippen LogP contribution in [0.15, 0.2) is 30.9 Å². The van der Waals surface area contributed by atoms with E-state index in [2.05, 4.69) is 11.9 Å². The maximum Gasteiger partial charge on any atom is 0.124 e. The van der Waals surface area contributed by atoms with Crippen LogP contribution in [0.1, 0.15) is 12.5 Å². The van der Waals surface area contributed by atoms with E-state index in [0.717, 1.165) is 22.9 Å². The smallest absolute Gasteiger partial charge is 0.124 e. The third kappa shape index (κ3) is 3.57. The van der Waals surface area contributed by atoms with Gasteiger partial charge in [0.05, 0.1) is 0 Å². The summed E-state index contributed by atoms with van der Waals surface area (Å²) in [6, 6.07) is 5.62. The summed E-state index contributed by atoms with van der Waals surface area (Å²) in [4.78, 5) is 0. The van der Waals surface area contributed by atoms with Gasteiger partial charge in [-0.15, -0.1) is 0 Å². The lowest BCUT2D eigenvalue weighted by Gasteiger charge is -2.14. The molecule has 0 radical (unpaired) electrons. The molecule has 0 aliphatic heterocycles. The average Bonchev–Trinajstić information content (AvgIpc) is 2.22. The fourth-order valence-corrected chi connectivity index (χ4v) is 1.43. The highest BCUT2D eigenvalue weighted by atomic mass is 35.5. The van der Waals surface area contributed by atoms with Crippen molar-refractivity contribution in [1.82, 2.24) is 5.32 Å². The zero-order valence-electron chi connectivity index (χ0n) is 9.09. The minimum absolute atomic E-state index is 0.00165. The lowest BCUT2D eigenvalue weighted by Crippen LogP contribution is -2.12. The molecule has 3 heteroatoms. The molecular weight excluding hydrogens is 210 g/mol. The Morgan fingerprint density at radius 3 is 2.93 bits per heavy atom. The Balaban J connectivity index is 2.89. The van der Waals surface area contributed by atoms with Gasteiger partial charge in [0.1, 0.15) is 11.9 Å². The maximum atomic E-state index is 5.92. The topological polar surface area (TPSA) is 21.3 Å². The molecule has 1 N–H and O–H groups in total. The molecule has 15 heavy (non-hydrogen) atoms. The van der Waals surface area contributed by atoms with Crippen molar-refractivity contribution in [3.63, 3.8) is 0 Å². The summed E-state index contributed by atoms with van der Waals surface area (Å²) in [5, 5.41) is 3.80. The van der Waals surface area contributed by atoms with Crippen LogP contribution < -0.4 is 10.1 Å². The second-order valence-electron chi connectivity index (χ2n) is 3.34. The highest BCUT2D eigenvalue weighted by Gasteiger charge is 2.06. The first-order chi connectivity index (χ1) is 7.17. The highest BCUT2D eigenvalue weighted by Crippen LogP contribution is 2.23. The Morgan fingerprint density at radius 2 is 2.33 bits per heavy atom. The molecule has 1 aromatic carbocycles. The highest BCUT2D eigenvalue weighted by molar-refractivity contribution is 6.30. The molecule has 1 atom stereocenters. The standard InChI is InChI=1S/C12H16ClNO/c1-4-9(2)15-12-6-5-11(13)7-10(12)8-14-3/h4-7,9,14H,1,8H2,2-3H3. The number of rotatable bonds is 5. The minimum Gasteiger partial charge on any atom is -0.486 e. The molecule has 0 aliphatic carbocycles. The van der Waals surface area contributed by atoms with Crippen LogP contribution in [0.4, 0.5) is 0 Å². The zero-order chi connectivity index (χ0) is 11.3. The van der Waals surface area contributed by atoms with E-state index in [0.29, 0.717) is 0 Å². The molecule has 2 nitrogen and oxygen atoms in total. The maximum absolute atomic E-state index is 5.92. The van der Waals surface area contributed by atoms with Crippen LogP contribution >= 0.6 is 11.6 Å². The molecule has 0 saturated heterocycles. The summed E-state index contributed by atoms with van der Waals surface area (Å²) in [6.07, 6.45) is 1.76. The molecule has 0 aliphatic rings. The Hall–Kier alpha value is -0.990. The molecule has 1 aromatic rings. The van der Waals surface area contributed by atoms with E-state index in [9.17, 15) is 0 Å². The Kier molecular flexibility index (Phi) is 4.66. The molecule has 1 unspecified atom stereocenters. The van der Waals surface area contributed by atoms with Crippen LogP contribution in [0, 0.1) is 0 Å². The molecular formula is C12H16ClNO. The van der Waals surface area contributed by atoms with Gasteiger partial charge in [-0.3, -0.25) is 0 Å². The molecule has 0 aromatic heterocycles. The number of hydrogen-bond donors (Lipinski definition) is 1. The largest absolute Gasteiger partial charge is 0.486 e. The van der Waals surface area contributed by atoms with Gasteiger partial charge in [-0.2, -0.15) is 0 Å². The monoisotopic (exact) mass is 225 g/mol. The minimum atomic E-state index is 0.00165.